The van der Waals surface area contributed by atoms with Gasteiger partial charge in [-0.3, -0.25) is 9.69 Å². The van der Waals surface area contributed by atoms with Gasteiger partial charge in [-0.15, -0.1) is 0 Å². The maximum absolute atomic E-state index is 11.8. The Kier molecular flexibility index (Phi) is 6.04. The van der Waals surface area contributed by atoms with E-state index in [-0.39, 0.29) is 11.8 Å². The van der Waals surface area contributed by atoms with E-state index in [9.17, 15) is 4.79 Å². The van der Waals surface area contributed by atoms with Gasteiger partial charge in [-0.2, -0.15) is 0 Å². The molecule has 1 fully saturated rings. The van der Waals surface area contributed by atoms with Crippen molar-refractivity contribution in [3.05, 3.63) is 30.1 Å². The first-order valence-corrected chi connectivity index (χ1v) is 9.17. The van der Waals surface area contributed by atoms with Crippen LogP contribution in [-0.2, 0) is 22.5 Å². The topological polar surface area (TPSA) is 59.4 Å². The molecule has 1 aliphatic heterocycles. The molecule has 25 heavy (non-hydrogen) atoms. The summed E-state index contributed by atoms with van der Waals surface area (Å²) >= 11 is 0. The molecular formula is C19H28N4O2. The Hall–Kier alpha value is -1.92. The number of hydrogen-bond acceptors (Lipinski definition) is 4. The predicted octanol–water partition coefficient (Wildman–Crippen LogP) is 1.68. The summed E-state index contributed by atoms with van der Waals surface area (Å²) in [4.78, 5) is 19.0. The number of carbonyl (C=O) groups excluding carboxylic acids is 1. The van der Waals surface area contributed by atoms with Crippen LogP contribution < -0.4 is 5.32 Å². The highest BCUT2D eigenvalue weighted by Gasteiger charge is 2.14. The van der Waals surface area contributed by atoms with Crippen molar-refractivity contribution in [1.82, 2.24) is 19.8 Å². The summed E-state index contributed by atoms with van der Waals surface area (Å²) in [5.41, 5.74) is 2.19. The molecule has 1 aromatic heterocycles. The van der Waals surface area contributed by atoms with Gasteiger partial charge in [0.2, 0.25) is 5.91 Å². The fourth-order valence-electron chi connectivity index (χ4n) is 3.13. The summed E-state index contributed by atoms with van der Waals surface area (Å²) in [6.45, 7) is 9.97. The molecule has 2 aromatic rings. The van der Waals surface area contributed by atoms with Gasteiger partial charge < -0.3 is 14.6 Å². The Morgan fingerprint density at radius 2 is 2.00 bits per heavy atom. The normalized spacial score (nSPS) is 15.8. The van der Waals surface area contributed by atoms with Crippen LogP contribution in [0, 0.1) is 5.92 Å². The Balaban J connectivity index is 1.69. The van der Waals surface area contributed by atoms with Crippen LogP contribution >= 0.6 is 0 Å². The quantitative estimate of drug-likeness (QED) is 0.830. The first kappa shape index (κ1) is 17.9. The van der Waals surface area contributed by atoms with Gasteiger partial charge in [0, 0.05) is 45.1 Å². The number of amides is 1. The fourth-order valence-corrected chi connectivity index (χ4v) is 3.13. The SMILES string of the molecule is CC(C)C(=O)NCCc1nc2ccccc2n1CCN1CCOCC1. The minimum Gasteiger partial charge on any atom is -0.379 e. The molecule has 0 unspecified atom stereocenters. The third-order valence-corrected chi connectivity index (χ3v) is 4.65. The van der Waals surface area contributed by atoms with Crippen LogP contribution in [-0.4, -0.2) is 59.8 Å². The van der Waals surface area contributed by atoms with Crippen molar-refractivity contribution in [2.24, 2.45) is 5.92 Å². The maximum atomic E-state index is 11.8. The molecule has 1 aromatic carbocycles. The van der Waals surface area contributed by atoms with Crippen molar-refractivity contribution in [1.29, 1.82) is 0 Å². The van der Waals surface area contributed by atoms with Crippen LogP contribution in [0.15, 0.2) is 24.3 Å². The number of ether oxygens (including phenoxy) is 1. The van der Waals surface area contributed by atoms with Gasteiger partial charge in [-0.1, -0.05) is 26.0 Å². The number of morpholine rings is 1. The predicted molar refractivity (Wildman–Crippen MR) is 98.5 cm³/mol. The van der Waals surface area contributed by atoms with E-state index >= 15 is 0 Å². The van der Waals surface area contributed by atoms with Crippen LogP contribution in [0.4, 0.5) is 0 Å². The number of aromatic nitrogens is 2. The highest BCUT2D eigenvalue weighted by molar-refractivity contribution is 5.78. The van der Waals surface area contributed by atoms with Crippen LogP contribution in [0.2, 0.25) is 0 Å². The first-order chi connectivity index (χ1) is 12.1. The minimum absolute atomic E-state index is 0.0140. The summed E-state index contributed by atoms with van der Waals surface area (Å²) in [6.07, 6.45) is 0.746. The van der Waals surface area contributed by atoms with E-state index in [0.717, 1.165) is 57.2 Å². The molecule has 136 valence electrons. The number of hydrogen-bond donors (Lipinski definition) is 1. The van der Waals surface area contributed by atoms with Crippen LogP contribution in [0.5, 0.6) is 0 Å². The molecule has 1 saturated heterocycles. The second kappa shape index (κ2) is 8.45. The average molecular weight is 344 g/mol. The standard InChI is InChI=1S/C19H28N4O2/c1-15(2)19(24)20-8-7-18-21-16-5-3-4-6-17(16)23(18)10-9-22-11-13-25-14-12-22/h3-6,15H,7-14H2,1-2H3,(H,20,24). The lowest BCUT2D eigenvalue weighted by molar-refractivity contribution is -0.123. The number of para-hydroxylation sites is 2. The second-order valence-electron chi connectivity index (χ2n) is 6.82. The Morgan fingerprint density at radius 1 is 1.24 bits per heavy atom. The molecule has 0 radical (unpaired) electrons. The second-order valence-corrected chi connectivity index (χ2v) is 6.82. The van der Waals surface area contributed by atoms with Crippen LogP contribution in [0.3, 0.4) is 0 Å². The average Bonchev–Trinajstić information content (AvgIpc) is 2.98. The van der Waals surface area contributed by atoms with E-state index in [1.165, 1.54) is 5.52 Å². The van der Waals surface area contributed by atoms with E-state index in [1.807, 2.05) is 19.9 Å². The monoisotopic (exact) mass is 344 g/mol. The number of nitrogens with one attached hydrogen (secondary N) is 1. The van der Waals surface area contributed by atoms with Gasteiger partial charge in [-0.25, -0.2) is 4.98 Å². The van der Waals surface area contributed by atoms with Crippen molar-refractivity contribution in [2.45, 2.75) is 26.8 Å². The Morgan fingerprint density at radius 3 is 2.76 bits per heavy atom. The van der Waals surface area contributed by atoms with E-state index in [2.05, 4.69) is 33.0 Å². The lowest BCUT2D eigenvalue weighted by Crippen LogP contribution is -2.38. The number of benzene rings is 1. The zero-order valence-electron chi connectivity index (χ0n) is 15.2. The van der Waals surface area contributed by atoms with Crippen LogP contribution in [0.25, 0.3) is 11.0 Å². The molecule has 1 amide bonds. The summed E-state index contributed by atoms with van der Waals surface area (Å²) in [5, 5.41) is 2.99. The fraction of sp³-hybridized carbons (Fsp3) is 0.579. The molecule has 0 aliphatic carbocycles. The zero-order valence-corrected chi connectivity index (χ0v) is 15.2. The minimum atomic E-state index is 0.0140. The van der Waals surface area contributed by atoms with Gasteiger partial charge in [0.15, 0.2) is 0 Å². The van der Waals surface area contributed by atoms with Crippen molar-refractivity contribution < 1.29 is 9.53 Å². The van der Waals surface area contributed by atoms with Gasteiger partial charge in [0.25, 0.3) is 0 Å². The van der Waals surface area contributed by atoms with Crippen molar-refractivity contribution >= 4 is 16.9 Å². The summed E-state index contributed by atoms with van der Waals surface area (Å²) in [5.74, 6) is 1.15. The molecule has 1 N–H and O–H groups in total. The molecular weight excluding hydrogens is 316 g/mol. The maximum Gasteiger partial charge on any atom is 0.222 e. The highest BCUT2D eigenvalue weighted by atomic mass is 16.5. The number of carbonyl (C=O) groups is 1. The van der Waals surface area contributed by atoms with Crippen LogP contribution in [0.1, 0.15) is 19.7 Å². The Labute approximate surface area is 149 Å². The lowest BCUT2D eigenvalue weighted by atomic mass is 10.2. The van der Waals surface area contributed by atoms with E-state index in [1.54, 1.807) is 0 Å². The zero-order chi connectivity index (χ0) is 17.6. The molecule has 6 heteroatoms. The number of fused-ring (bicyclic) bond motifs is 1. The third-order valence-electron chi connectivity index (χ3n) is 4.65. The molecule has 1 aliphatic rings. The number of imidazole rings is 1. The van der Waals surface area contributed by atoms with Crippen molar-refractivity contribution in [3.63, 3.8) is 0 Å². The largest absolute Gasteiger partial charge is 0.379 e. The third kappa shape index (κ3) is 4.58. The van der Waals surface area contributed by atoms with E-state index in [0.29, 0.717) is 6.54 Å². The Bertz CT molecular complexity index is 705. The first-order valence-electron chi connectivity index (χ1n) is 9.17. The molecule has 2 heterocycles. The molecule has 0 atom stereocenters. The summed E-state index contributed by atoms with van der Waals surface area (Å²) in [6, 6.07) is 8.25. The van der Waals surface area contributed by atoms with E-state index in [4.69, 9.17) is 9.72 Å². The summed E-state index contributed by atoms with van der Waals surface area (Å²) in [7, 11) is 0. The van der Waals surface area contributed by atoms with Gasteiger partial charge in [-0.05, 0) is 12.1 Å². The van der Waals surface area contributed by atoms with Crippen molar-refractivity contribution in [2.75, 3.05) is 39.4 Å². The van der Waals surface area contributed by atoms with Gasteiger partial charge in [0.1, 0.15) is 5.82 Å². The smallest absolute Gasteiger partial charge is 0.222 e. The summed E-state index contributed by atoms with van der Waals surface area (Å²) < 4.78 is 7.72. The number of rotatable bonds is 7. The van der Waals surface area contributed by atoms with Gasteiger partial charge >= 0.3 is 0 Å². The highest BCUT2D eigenvalue weighted by Crippen LogP contribution is 2.16. The molecule has 3 rings (SSSR count). The lowest BCUT2D eigenvalue weighted by Gasteiger charge is -2.27. The number of nitrogens with zero attached hydrogens (tertiary/aromatic N) is 3. The molecule has 6 nitrogen and oxygen atoms in total. The van der Waals surface area contributed by atoms with Gasteiger partial charge in [0.05, 0.1) is 24.2 Å². The van der Waals surface area contributed by atoms with Crippen molar-refractivity contribution in [3.8, 4) is 0 Å². The molecule has 0 spiro atoms. The molecule has 0 saturated carbocycles. The van der Waals surface area contributed by atoms with E-state index < -0.39 is 0 Å². The molecule has 0 bridgehead atoms.